The van der Waals surface area contributed by atoms with Crippen LogP contribution in [0.15, 0.2) is 18.3 Å². The highest BCUT2D eigenvalue weighted by Gasteiger charge is 2.42. The fourth-order valence-corrected chi connectivity index (χ4v) is 4.36. The Kier molecular flexibility index (Phi) is 4.11. The summed E-state index contributed by atoms with van der Waals surface area (Å²) in [5.41, 5.74) is 2.07. The van der Waals surface area contributed by atoms with Crippen molar-refractivity contribution in [3.8, 4) is 0 Å². The molecule has 20 heavy (non-hydrogen) atoms. The zero-order chi connectivity index (χ0) is 14.0. The molecule has 1 unspecified atom stereocenters. The van der Waals surface area contributed by atoms with Crippen LogP contribution in [-0.4, -0.2) is 15.7 Å². The number of hydrogen-bond donors (Lipinski definition) is 1. The molecule has 0 saturated heterocycles. The summed E-state index contributed by atoms with van der Waals surface area (Å²) in [6, 6.07) is 4.23. The molecule has 110 valence electrons. The highest BCUT2D eigenvalue weighted by atomic mass is 16.3. The van der Waals surface area contributed by atoms with Crippen molar-refractivity contribution < 1.29 is 5.11 Å². The third kappa shape index (κ3) is 2.63. The summed E-state index contributed by atoms with van der Waals surface area (Å²) in [6.45, 7) is 2.27. The van der Waals surface area contributed by atoms with Crippen LogP contribution in [0.5, 0.6) is 0 Å². The molecule has 1 atom stereocenters. The van der Waals surface area contributed by atoms with Crippen LogP contribution in [0.2, 0.25) is 0 Å². The highest BCUT2D eigenvalue weighted by molar-refractivity contribution is 5.28. The molecule has 2 aliphatic carbocycles. The first-order valence-corrected chi connectivity index (χ1v) is 8.39. The van der Waals surface area contributed by atoms with Crippen LogP contribution in [0.4, 0.5) is 0 Å². The number of aromatic nitrogens is 1. The van der Waals surface area contributed by atoms with Gasteiger partial charge in [0.15, 0.2) is 0 Å². The fraction of sp³-hybridized carbons (Fsp3) is 0.722. The minimum absolute atomic E-state index is 0.273. The number of rotatable bonds is 3. The maximum Gasteiger partial charge on any atom is 0.0731 e. The molecule has 0 amide bonds. The quantitative estimate of drug-likeness (QED) is 0.894. The van der Waals surface area contributed by atoms with Crippen LogP contribution in [0, 0.1) is 5.92 Å². The van der Waals surface area contributed by atoms with Gasteiger partial charge in [0.25, 0.3) is 0 Å². The zero-order valence-electron chi connectivity index (χ0n) is 12.6. The van der Waals surface area contributed by atoms with E-state index in [1.54, 1.807) is 0 Å². The van der Waals surface area contributed by atoms with E-state index < -0.39 is 5.60 Å². The first kappa shape index (κ1) is 14.1. The van der Waals surface area contributed by atoms with Crippen LogP contribution < -0.4 is 0 Å². The second-order valence-electron chi connectivity index (χ2n) is 6.83. The van der Waals surface area contributed by atoms with Gasteiger partial charge in [0, 0.05) is 17.8 Å². The molecule has 1 saturated carbocycles. The topological polar surface area (TPSA) is 33.1 Å². The summed E-state index contributed by atoms with van der Waals surface area (Å²) in [7, 11) is 0. The second-order valence-corrected chi connectivity index (χ2v) is 6.83. The Bertz CT molecular complexity index is 448. The minimum Gasteiger partial charge on any atom is -0.389 e. The van der Waals surface area contributed by atoms with Gasteiger partial charge in [0.05, 0.1) is 5.60 Å². The molecule has 2 aliphatic rings. The first-order chi connectivity index (χ1) is 9.73. The van der Waals surface area contributed by atoms with E-state index in [0.717, 1.165) is 31.6 Å². The number of pyridine rings is 1. The van der Waals surface area contributed by atoms with Crippen LogP contribution in [0.1, 0.15) is 75.5 Å². The molecule has 0 radical (unpaired) electrons. The lowest BCUT2D eigenvalue weighted by Crippen LogP contribution is -2.42. The Morgan fingerprint density at radius 3 is 2.85 bits per heavy atom. The first-order valence-electron chi connectivity index (χ1n) is 8.39. The van der Waals surface area contributed by atoms with E-state index in [1.165, 1.54) is 43.4 Å². The van der Waals surface area contributed by atoms with Gasteiger partial charge in [-0.3, -0.25) is 4.98 Å². The predicted molar refractivity (Wildman–Crippen MR) is 81.7 cm³/mol. The molecule has 0 bridgehead atoms. The molecule has 2 heteroatoms. The molecule has 1 heterocycles. The number of aryl methyl sites for hydroxylation is 1. The average Bonchev–Trinajstić information content (AvgIpc) is 2.49. The van der Waals surface area contributed by atoms with E-state index in [9.17, 15) is 5.11 Å². The standard InChI is InChI=1S/C18H27NO/c1-2-5-14-9-11-18(20,12-10-14)16-8-3-6-15-7-4-13-19-17(15)16/h4,7,13-14,16,20H,2-3,5-6,8-12H2,1H3. The average molecular weight is 273 g/mol. The van der Waals surface area contributed by atoms with Gasteiger partial charge in [0.1, 0.15) is 0 Å². The van der Waals surface area contributed by atoms with Gasteiger partial charge in [-0.05, 0) is 62.5 Å². The van der Waals surface area contributed by atoms with E-state index in [0.29, 0.717) is 0 Å². The molecule has 1 fully saturated rings. The number of nitrogens with zero attached hydrogens (tertiary/aromatic N) is 1. The normalized spacial score (nSPS) is 33.7. The van der Waals surface area contributed by atoms with Crippen LogP contribution >= 0.6 is 0 Å². The van der Waals surface area contributed by atoms with Gasteiger partial charge in [0.2, 0.25) is 0 Å². The molecule has 0 aliphatic heterocycles. The minimum atomic E-state index is -0.492. The van der Waals surface area contributed by atoms with Crippen LogP contribution in [0.25, 0.3) is 0 Å². The lowest BCUT2D eigenvalue weighted by Gasteiger charge is -2.43. The summed E-state index contributed by atoms with van der Waals surface area (Å²) < 4.78 is 0. The molecule has 1 aromatic heterocycles. The van der Waals surface area contributed by atoms with Crippen molar-refractivity contribution in [1.82, 2.24) is 4.98 Å². The molecule has 1 N–H and O–H groups in total. The van der Waals surface area contributed by atoms with Crippen molar-refractivity contribution >= 4 is 0 Å². The van der Waals surface area contributed by atoms with Gasteiger partial charge < -0.3 is 5.11 Å². The SMILES string of the molecule is CCCC1CCC(O)(C2CCCc3cccnc32)CC1. The Hall–Kier alpha value is -0.890. The molecule has 2 nitrogen and oxygen atoms in total. The van der Waals surface area contributed by atoms with E-state index in [1.807, 2.05) is 12.3 Å². The van der Waals surface area contributed by atoms with Gasteiger partial charge in [-0.15, -0.1) is 0 Å². The third-order valence-electron chi connectivity index (χ3n) is 5.51. The second kappa shape index (κ2) is 5.85. The molecule has 3 rings (SSSR count). The highest BCUT2D eigenvalue weighted by Crippen LogP contribution is 2.46. The van der Waals surface area contributed by atoms with Crippen molar-refractivity contribution in [2.75, 3.05) is 0 Å². The van der Waals surface area contributed by atoms with E-state index >= 15 is 0 Å². The Morgan fingerprint density at radius 1 is 1.30 bits per heavy atom. The Balaban J connectivity index is 1.77. The fourth-order valence-electron chi connectivity index (χ4n) is 4.36. The van der Waals surface area contributed by atoms with Crippen molar-refractivity contribution in [1.29, 1.82) is 0 Å². The summed E-state index contributed by atoms with van der Waals surface area (Å²) >= 11 is 0. The van der Waals surface area contributed by atoms with Gasteiger partial charge in [-0.25, -0.2) is 0 Å². The largest absolute Gasteiger partial charge is 0.389 e. The molecular weight excluding hydrogens is 246 g/mol. The Morgan fingerprint density at radius 2 is 2.10 bits per heavy atom. The molecular formula is C18H27NO. The number of aliphatic hydroxyl groups is 1. The third-order valence-corrected chi connectivity index (χ3v) is 5.51. The summed E-state index contributed by atoms with van der Waals surface area (Å²) in [4.78, 5) is 4.62. The lowest BCUT2D eigenvalue weighted by molar-refractivity contribution is -0.0395. The maximum atomic E-state index is 11.2. The van der Waals surface area contributed by atoms with Crippen LogP contribution in [0.3, 0.4) is 0 Å². The molecule has 0 spiro atoms. The van der Waals surface area contributed by atoms with E-state index in [2.05, 4.69) is 18.0 Å². The molecule has 0 aromatic carbocycles. The molecule has 1 aromatic rings. The van der Waals surface area contributed by atoms with Gasteiger partial charge in [-0.1, -0.05) is 25.8 Å². The Labute approximate surface area is 122 Å². The van der Waals surface area contributed by atoms with E-state index in [-0.39, 0.29) is 5.92 Å². The van der Waals surface area contributed by atoms with Crippen molar-refractivity contribution in [2.45, 2.75) is 76.2 Å². The van der Waals surface area contributed by atoms with Crippen LogP contribution in [-0.2, 0) is 6.42 Å². The van der Waals surface area contributed by atoms with E-state index in [4.69, 9.17) is 0 Å². The number of fused-ring (bicyclic) bond motifs is 1. The van der Waals surface area contributed by atoms with Crippen molar-refractivity contribution in [3.05, 3.63) is 29.6 Å². The maximum absolute atomic E-state index is 11.2. The summed E-state index contributed by atoms with van der Waals surface area (Å²) in [5.74, 6) is 1.11. The number of hydrogen-bond acceptors (Lipinski definition) is 2. The lowest BCUT2D eigenvalue weighted by atomic mass is 9.67. The van der Waals surface area contributed by atoms with Crippen molar-refractivity contribution in [3.63, 3.8) is 0 Å². The van der Waals surface area contributed by atoms with Crippen molar-refractivity contribution in [2.24, 2.45) is 5.92 Å². The zero-order valence-corrected chi connectivity index (χ0v) is 12.6. The summed E-state index contributed by atoms with van der Waals surface area (Å²) in [5, 5.41) is 11.2. The smallest absolute Gasteiger partial charge is 0.0731 e. The monoisotopic (exact) mass is 273 g/mol. The predicted octanol–water partition coefficient (Wildman–Crippen LogP) is 4.22. The van der Waals surface area contributed by atoms with Gasteiger partial charge in [-0.2, -0.15) is 0 Å². The summed E-state index contributed by atoms with van der Waals surface area (Å²) in [6.07, 6.45) is 12.3. The van der Waals surface area contributed by atoms with Gasteiger partial charge >= 0.3 is 0 Å².